The number of hydrogen-bond donors (Lipinski definition) is 8. The predicted octanol–water partition coefficient (Wildman–Crippen LogP) is -4.49. The van der Waals surface area contributed by atoms with E-state index in [1.54, 1.807) is 0 Å². The maximum absolute atomic E-state index is 11.2. The van der Waals surface area contributed by atoms with Gasteiger partial charge in [0.25, 0.3) is 0 Å². The Labute approximate surface area is 184 Å². The summed E-state index contributed by atoms with van der Waals surface area (Å²) in [4.78, 5) is 15.6. The molecule has 21 heteroatoms. The summed E-state index contributed by atoms with van der Waals surface area (Å²) in [6.45, 7) is -1.02. The molecule has 2 aliphatic heterocycles. The summed E-state index contributed by atoms with van der Waals surface area (Å²) in [5.74, 6) is -2.75. The molecule has 0 amide bonds. The van der Waals surface area contributed by atoms with E-state index < -0.39 is 88.2 Å². The Morgan fingerprint density at radius 2 is 1.76 bits per heavy atom. The van der Waals surface area contributed by atoms with E-state index in [0.29, 0.717) is 6.08 Å². The van der Waals surface area contributed by atoms with E-state index in [2.05, 4.69) is 14.1 Å². The molecule has 0 radical (unpaired) electrons. The van der Waals surface area contributed by atoms with Gasteiger partial charge >= 0.3 is 26.7 Å². The molecule has 2 heterocycles. The Hall–Kier alpha value is -1.57. The minimum Gasteiger partial charge on any atom is -0.475 e. The summed E-state index contributed by atoms with van der Waals surface area (Å²) in [6, 6.07) is -2.02. The van der Waals surface area contributed by atoms with Gasteiger partial charge in [0.2, 0.25) is 12.0 Å². The largest absolute Gasteiger partial charge is 0.475 e. The SMILES string of the molecule is O=C(O)C1=C[C@H](O)C(OS(=O)(=O)O)[C@H](O[C@@H]2C(CO)OC(O)C(NS(=O)(=O)O)[C@H]2OOO)O1. The van der Waals surface area contributed by atoms with Crippen molar-refractivity contribution in [1.29, 1.82) is 0 Å². The zero-order chi connectivity index (χ0) is 25.1. The fourth-order valence-electron chi connectivity index (χ4n) is 2.96. The zero-order valence-corrected chi connectivity index (χ0v) is 17.5. The molecule has 2 rings (SSSR count). The van der Waals surface area contributed by atoms with Crippen molar-refractivity contribution in [3.63, 3.8) is 0 Å². The quantitative estimate of drug-likeness (QED) is 0.0751. The Balaban J connectivity index is 2.45. The van der Waals surface area contributed by atoms with Crippen molar-refractivity contribution in [2.75, 3.05) is 6.61 Å². The molecule has 1 saturated heterocycles. The smallest absolute Gasteiger partial charge is 0.397 e. The van der Waals surface area contributed by atoms with Gasteiger partial charge in [0.1, 0.15) is 30.5 Å². The van der Waals surface area contributed by atoms with E-state index in [4.69, 9.17) is 33.7 Å². The molecule has 1 fully saturated rings. The molecular weight excluding hydrogens is 510 g/mol. The highest BCUT2D eigenvalue weighted by molar-refractivity contribution is 7.83. The fourth-order valence-corrected chi connectivity index (χ4v) is 4.04. The van der Waals surface area contributed by atoms with Crippen LogP contribution in [0.1, 0.15) is 0 Å². The van der Waals surface area contributed by atoms with Crippen LogP contribution in [0, 0.1) is 0 Å². The second-order valence-corrected chi connectivity index (χ2v) is 8.64. The van der Waals surface area contributed by atoms with Crippen molar-refractivity contribution in [1.82, 2.24) is 4.72 Å². The van der Waals surface area contributed by atoms with Gasteiger partial charge < -0.3 is 34.6 Å². The van der Waals surface area contributed by atoms with Crippen molar-refractivity contribution < 1.29 is 84.7 Å². The van der Waals surface area contributed by atoms with Crippen LogP contribution in [0.3, 0.4) is 0 Å². The van der Waals surface area contributed by atoms with Crippen LogP contribution in [-0.4, -0.2) is 113 Å². The third-order valence-electron chi connectivity index (χ3n) is 4.19. The van der Waals surface area contributed by atoms with Gasteiger partial charge in [0, 0.05) is 0 Å². The first-order valence-electron chi connectivity index (χ1n) is 8.44. The van der Waals surface area contributed by atoms with Crippen LogP contribution in [0.2, 0.25) is 0 Å². The number of carbonyl (C=O) groups is 1. The lowest BCUT2D eigenvalue weighted by Gasteiger charge is -2.44. The van der Waals surface area contributed by atoms with E-state index in [1.807, 2.05) is 0 Å². The molecule has 0 bridgehead atoms. The number of rotatable bonds is 10. The summed E-state index contributed by atoms with van der Waals surface area (Å²) in [7, 11) is -10.4. The highest BCUT2D eigenvalue weighted by Gasteiger charge is 2.52. The number of aliphatic hydroxyl groups excluding tert-OH is 3. The van der Waals surface area contributed by atoms with Crippen LogP contribution in [0.5, 0.6) is 0 Å². The number of aliphatic hydroxyl groups is 3. The molecule has 0 aromatic rings. The van der Waals surface area contributed by atoms with Crippen molar-refractivity contribution in [3.05, 3.63) is 11.8 Å². The molecule has 0 spiro atoms. The average Bonchev–Trinajstić information content (AvgIpc) is 2.66. The summed E-state index contributed by atoms with van der Waals surface area (Å²) in [5, 5.41) is 50.8. The normalized spacial score (nSPS) is 35.5. The van der Waals surface area contributed by atoms with Crippen LogP contribution >= 0.6 is 0 Å². The van der Waals surface area contributed by atoms with E-state index in [9.17, 15) is 36.9 Å². The number of nitrogens with one attached hydrogen (secondary N) is 1. The average molecular weight is 529 g/mol. The number of aliphatic carboxylic acids is 1. The fraction of sp³-hybridized carbons (Fsp3) is 0.750. The van der Waals surface area contributed by atoms with Gasteiger partial charge in [-0.25, -0.2) is 14.2 Å². The molecule has 0 aliphatic carbocycles. The Morgan fingerprint density at radius 3 is 2.24 bits per heavy atom. The second-order valence-electron chi connectivity index (χ2n) is 6.40. The maximum atomic E-state index is 11.2. The number of carboxylic acid groups (broad SMARTS) is 1. The number of hydrogen-bond acceptors (Lipinski definition) is 15. The van der Waals surface area contributed by atoms with Gasteiger partial charge in [0.05, 0.1) is 6.61 Å². The number of carboxylic acids is 1. The van der Waals surface area contributed by atoms with Gasteiger partial charge in [-0.15, -0.1) is 0 Å². The molecule has 2 aliphatic rings. The molecule has 19 nitrogen and oxygen atoms in total. The molecule has 8 N–H and O–H groups in total. The van der Waals surface area contributed by atoms with Crippen molar-refractivity contribution in [2.45, 2.75) is 49.1 Å². The van der Waals surface area contributed by atoms with Gasteiger partial charge in [-0.1, -0.05) is 5.04 Å². The number of ether oxygens (including phenoxy) is 3. The van der Waals surface area contributed by atoms with Crippen molar-refractivity contribution >= 4 is 26.7 Å². The third-order valence-corrected chi connectivity index (χ3v) is 5.23. The predicted molar refractivity (Wildman–Crippen MR) is 92.9 cm³/mol. The second kappa shape index (κ2) is 10.8. The first-order chi connectivity index (χ1) is 15.2. The van der Waals surface area contributed by atoms with Crippen LogP contribution in [0.4, 0.5) is 0 Å². The molecule has 4 unspecified atom stereocenters. The minimum atomic E-state index is -5.29. The molecule has 0 saturated carbocycles. The summed E-state index contributed by atoms with van der Waals surface area (Å²) in [6.07, 6.45) is -13.8. The Bertz CT molecular complexity index is 934. The van der Waals surface area contributed by atoms with E-state index >= 15 is 0 Å². The molecule has 0 aromatic carbocycles. The van der Waals surface area contributed by atoms with E-state index in [-0.39, 0.29) is 0 Å². The Morgan fingerprint density at radius 1 is 1.12 bits per heavy atom. The van der Waals surface area contributed by atoms with Crippen molar-refractivity contribution in [3.8, 4) is 0 Å². The monoisotopic (exact) mass is 529 g/mol. The molecule has 8 atom stereocenters. The van der Waals surface area contributed by atoms with Gasteiger partial charge in [-0.2, -0.15) is 26.4 Å². The zero-order valence-electron chi connectivity index (χ0n) is 15.8. The van der Waals surface area contributed by atoms with Crippen LogP contribution < -0.4 is 4.72 Å². The summed E-state index contributed by atoms with van der Waals surface area (Å²) in [5.41, 5.74) is 0. The summed E-state index contributed by atoms with van der Waals surface area (Å²) < 4.78 is 83.4. The third kappa shape index (κ3) is 7.46. The first-order valence-corrected chi connectivity index (χ1v) is 11.2. The van der Waals surface area contributed by atoms with Crippen LogP contribution in [0.25, 0.3) is 0 Å². The standard InChI is InChI=1S/C12H19NO18S2/c14-2-5-8(9(29-31-19)6(11(18)26-5)13-32(20,21)22)28-12-7(30-33(23,24)25)3(15)1-4(27-12)10(16)17/h1,3,5-9,11-15,18-19H,2H2,(H,16,17)(H,20,21,22)(H,23,24,25)/t3-,5?,6?,7?,8+,9+,11?,12-/m0/s1. The van der Waals surface area contributed by atoms with Gasteiger partial charge in [-0.3, -0.25) is 9.11 Å². The van der Waals surface area contributed by atoms with Crippen LogP contribution in [0.15, 0.2) is 11.8 Å². The van der Waals surface area contributed by atoms with Crippen molar-refractivity contribution in [2.24, 2.45) is 0 Å². The lowest BCUT2D eigenvalue weighted by Crippen LogP contribution is -2.66. The minimum absolute atomic E-state index is 0.496. The first kappa shape index (κ1) is 27.7. The molecule has 192 valence electrons. The molecular formula is C12H19NO18S2. The van der Waals surface area contributed by atoms with E-state index in [0.717, 1.165) is 0 Å². The Kier molecular flexibility index (Phi) is 9.05. The van der Waals surface area contributed by atoms with Gasteiger partial charge in [0.15, 0.2) is 12.4 Å². The highest BCUT2D eigenvalue weighted by atomic mass is 32.3. The van der Waals surface area contributed by atoms with Gasteiger partial charge in [-0.05, 0) is 6.08 Å². The maximum Gasteiger partial charge on any atom is 0.397 e. The topological polar surface area (TPSA) is 294 Å². The highest BCUT2D eigenvalue weighted by Crippen LogP contribution is 2.31. The lowest BCUT2D eigenvalue weighted by molar-refractivity contribution is -0.523. The lowest BCUT2D eigenvalue weighted by atomic mass is 9.97. The summed E-state index contributed by atoms with van der Waals surface area (Å²) >= 11 is 0. The molecule has 33 heavy (non-hydrogen) atoms. The van der Waals surface area contributed by atoms with E-state index in [1.165, 1.54) is 4.72 Å². The van der Waals surface area contributed by atoms with Crippen LogP contribution in [-0.2, 0) is 53.8 Å². The molecule has 0 aromatic heterocycles.